The minimum absolute atomic E-state index is 0.0474. The molecule has 0 saturated carbocycles. The van der Waals surface area contributed by atoms with E-state index in [9.17, 15) is 9.59 Å². The number of benzene rings is 2. The van der Waals surface area contributed by atoms with E-state index < -0.39 is 0 Å². The van der Waals surface area contributed by atoms with E-state index in [4.69, 9.17) is 11.6 Å². The zero-order chi connectivity index (χ0) is 21.0. The Hall–Kier alpha value is -3.18. The zero-order valence-electron chi connectivity index (χ0n) is 16.6. The number of aryl methyl sites for hydroxylation is 1. The first-order chi connectivity index (χ1) is 13.8. The number of rotatable bonds is 6. The zero-order valence-corrected chi connectivity index (χ0v) is 17.3. The van der Waals surface area contributed by atoms with Gasteiger partial charge in [0, 0.05) is 33.6 Å². The highest BCUT2D eigenvalue weighted by atomic mass is 35.5. The Morgan fingerprint density at radius 1 is 1.14 bits per heavy atom. The van der Waals surface area contributed by atoms with E-state index in [2.05, 4.69) is 10.4 Å². The summed E-state index contributed by atoms with van der Waals surface area (Å²) in [5.74, 6) is -0.322. The highest BCUT2D eigenvalue weighted by Gasteiger charge is 2.11. The normalized spacial score (nSPS) is 11.0. The van der Waals surface area contributed by atoms with Gasteiger partial charge in [0.1, 0.15) is 0 Å². The van der Waals surface area contributed by atoms with E-state index in [1.54, 1.807) is 30.3 Å². The van der Waals surface area contributed by atoms with Crippen LogP contribution in [0.5, 0.6) is 0 Å². The van der Waals surface area contributed by atoms with E-state index in [1.807, 2.05) is 42.8 Å². The van der Waals surface area contributed by atoms with Gasteiger partial charge < -0.3 is 5.32 Å². The van der Waals surface area contributed by atoms with Crippen LogP contribution >= 0.6 is 11.6 Å². The molecule has 1 aromatic heterocycles. The maximum Gasteiger partial charge on any atom is 0.248 e. The van der Waals surface area contributed by atoms with Gasteiger partial charge in [-0.1, -0.05) is 41.9 Å². The van der Waals surface area contributed by atoms with Crippen molar-refractivity contribution >= 4 is 35.1 Å². The standard InChI is InChI=1S/C23H22ClN3O2/c1-15-21(16(2)27(26-15)14-19-7-4-5-10-22(19)24)11-12-23(29)25-20-9-6-8-18(13-20)17(3)28/h4-13H,14H2,1-3H3,(H,25,29)/b12-11+. The van der Waals surface area contributed by atoms with Gasteiger partial charge in [0.2, 0.25) is 5.91 Å². The number of nitrogens with one attached hydrogen (secondary N) is 1. The molecular weight excluding hydrogens is 386 g/mol. The lowest BCUT2D eigenvalue weighted by molar-refractivity contribution is -0.111. The topological polar surface area (TPSA) is 64.0 Å². The Labute approximate surface area is 175 Å². The first-order valence-corrected chi connectivity index (χ1v) is 9.60. The van der Waals surface area contributed by atoms with Gasteiger partial charge in [-0.15, -0.1) is 0 Å². The monoisotopic (exact) mass is 407 g/mol. The molecular formula is C23H22ClN3O2. The average molecular weight is 408 g/mol. The summed E-state index contributed by atoms with van der Waals surface area (Å²) in [6.07, 6.45) is 3.22. The first kappa shape index (κ1) is 20.6. The molecule has 3 rings (SSSR count). The Morgan fingerprint density at radius 2 is 1.90 bits per heavy atom. The van der Waals surface area contributed by atoms with Crippen molar-refractivity contribution in [2.75, 3.05) is 5.32 Å². The van der Waals surface area contributed by atoms with Crippen molar-refractivity contribution < 1.29 is 9.59 Å². The van der Waals surface area contributed by atoms with Crippen LogP contribution in [-0.4, -0.2) is 21.5 Å². The Balaban J connectivity index is 1.74. The molecule has 6 heteroatoms. The van der Waals surface area contributed by atoms with E-state index in [-0.39, 0.29) is 11.7 Å². The van der Waals surface area contributed by atoms with Crippen LogP contribution in [0.1, 0.15) is 39.8 Å². The largest absolute Gasteiger partial charge is 0.322 e. The number of aromatic nitrogens is 2. The lowest BCUT2D eigenvalue weighted by Crippen LogP contribution is -2.08. The minimum atomic E-state index is -0.275. The van der Waals surface area contributed by atoms with Crippen LogP contribution in [0.3, 0.4) is 0 Å². The van der Waals surface area contributed by atoms with Gasteiger partial charge in [-0.05, 0) is 50.6 Å². The third-order valence-corrected chi connectivity index (χ3v) is 5.02. The number of nitrogens with zero attached hydrogens (tertiary/aromatic N) is 2. The number of ketones is 1. The molecule has 0 aliphatic rings. The highest BCUT2D eigenvalue weighted by Crippen LogP contribution is 2.20. The van der Waals surface area contributed by atoms with Crippen molar-refractivity contribution in [2.45, 2.75) is 27.3 Å². The molecule has 0 saturated heterocycles. The molecule has 0 spiro atoms. The summed E-state index contributed by atoms with van der Waals surface area (Å²) < 4.78 is 1.88. The predicted octanol–water partition coefficient (Wildman–Crippen LogP) is 5.06. The number of anilines is 1. The second kappa shape index (κ2) is 8.88. The van der Waals surface area contributed by atoms with E-state index in [0.29, 0.717) is 22.8 Å². The summed E-state index contributed by atoms with van der Waals surface area (Å²) in [6, 6.07) is 14.5. The number of hydrogen-bond acceptors (Lipinski definition) is 3. The van der Waals surface area contributed by atoms with E-state index in [0.717, 1.165) is 22.5 Å². The van der Waals surface area contributed by atoms with Crippen LogP contribution in [0, 0.1) is 13.8 Å². The van der Waals surface area contributed by atoms with Gasteiger partial charge in [0.25, 0.3) is 0 Å². The third-order valence-electron chi connectivity index (χ3n) is 4.65. The third kappa shape index (κ3) is 5.00. The number of carbonyl (C=O) groups excluding carboxylic acids is 2. The van der Waals surface area contributed by atoms with Crippen molar-refractivity contribution in [2.24, 2.45) is 0 Å². The molecule has 148 valence electrons. The van der Waals surface area contributed by atoms with Crippen LogP contribution in [0.25, 0.3) is 6.08 Å². The van der Waals surface area contributed by atoms with Gasteiger partial charge in [0.05, 0.1) is 12.2 Å². The second-order valence-electron chi connectivity index (χ2n) is 6.79. The van der Waals surface area contributed by atoms with Crippen molar-refractivity contribution in [1.29, 1.82) is 0 Å². The molecule has 0 aliphatic heterocycles. The highest BCUT2D eigenvalue weighted by molar-refractivity contribution is 6.31. The molecule has 1 heterocycles. The molecule has 1 amide bonds. The molecule has 5 nitrogen and oxygen atoms in total. The van der Waals surface area contributed by atoms with Crippen molar-refractivity contribution in [1.82, 2.24) is 9.78 Å². The molecule has 3 aromatic rings. The predicted molar refractivity (Wildman–Crippen MR) is 116 cm³/mol. The maximum atomic E-state index is 12.3. The van der Waals surface area contributed by atoms with Crippen LogP contribution < -0.4 is 5.32 Å². The summed E-state index contributed by atoms with van der Waals surface area (Å²) in [4.78, 5) is 23.8. The summed E-state index contributed by atoms with van der Waals surface area (Å²) in [7, 11) is 0. The summed E-state index contributed by atoms with van der Waals surface area (Å²) >= 11 is 6.25. The molecule has 29 heavy (non-hydrogen) atoms. The number of carbonyl (C=O) groups is 2. The fourth-order valence-electron chi connectivity index (χ4n) is 3.05. The van der Waals surface area contributed by atoms with Gasteiger partial charge in [-0.3, -0.25) is 14.3 Å². The molecule has 0 atom stereocenters. The van der Waals surface area contributed by atoms with Crippen LogP contribution in [0.4, 0.5) is 5.69 Å². The molecule has 0 aliphatic carbocycles. The number of Topliss-reactive ketones (excluding diaryl/α,β-unsaturated/α-hetero) is 1. The molecule has 0 bridgehead atoms. The number of halogens is 1. The Kier molecular flexibility index (Phi) is 6.29. The van der Waals surface area contributed by atoms with E-state index >= 15 is 0 Å². The molecule has 1 N–H and O–H groups in total. The Morgan fingerprint density at radius 3 is 2.62 bits per heavy atom. The number of hydrogen-bond donors (Lipinski definition) is 1. The van der Waals surface area contributed by atoms with Gasteiger partial charge >= 0.3 is 0 Å². The smallest absolute Gasteiger partial charge is 0.248 e. The summed E-state index contributed by atoms with van der Waals surface area (Å²) in [5, 5.41) is 8.05. The molecule has 0 unspecified atom stereocenters. The quantitative estimate of drug-likeness (QED) is 0.459. The van der Waals surface area contributed by atoms with Gasteiger partial charge in [-0.2, -0.15) is 5.10 Å². The van der Waals surface area contributed by atoms with Crippen molar-refractivity contribution in [3.63, 3.8) is 0 Å². The van der Waals surface area contributed by atoms with Crippen molar-refractivity contribution in [3.05, 3.63) is 87.7 Å². The van der Waals surface area contributed by atoms with Gasteiger partial charge in [0.15, 0.2) is 5.78 Å². The van der Waals surface area contributed by atoms with E-state index in [1.165, 1.54) is 13.0 Å². The number of amides is 1. The van der Waals surface area contributed by atoms with Crippen LogP contribution in [-0.2, 0) is 11.3 Å². The molecule has 0 fully saturated rings. The maximum absolute atomic E-state index is 12.3. The fraction of sp³-hybridized carbons (Fsp3) is 0.174. The Bertz CT molecular complexity index is 1100. The first-order valence-electron chi connectivity index (χ1n) is 9.22. The summed E-state index contributed by atoms with van der Waals surface area (Å²) in [6.45, 7) is 5.92. The molecule has 0 radical (unpaired) electrons. The van der Waals surface area contributed by atoms with Gasteiger partial charge in [-0.25, -0.2) is 0 Å². The van der Waals surface area contributed by atoms with Crippen LogP contribution in [0.2, 0.25) is 5.02 Å². The fourth-order valence-corrected chi connectivity index (χ4v) is 3.25. The average Bonchev–Trinajstić information content (AvgIpc) is 2.95. The molecule has 2 aromatic carbocycles. The van der Waals surface area contributed by atoms with Crippen molar-refractivity contribution in [3.8, 4) is 0 Å². The SMILES string of the molecule is CC(=O)c1cccc(NC(=O)/C=C/c2c(C)nn(Cc3ccccc3Cl)c2C)c1. The second-order valence-corrected chi connectivity index (χ2v) is 7.20. The lowest BCUT2D eigenvalue weighted by atomic mass is 10.1. The summed E-state index contributed by atoms with van der Waals surface area (Å²) in [5.41, 5.74) is 4.79. The van der Waals surface area contributed by atoms with Crippen LogP contribution in [0.15, 0.2) is 54.6 Å². The lowest BCUT2D eigenvalue weighted by Gasteiger charge is -2.06. The minimum Gasteiger partial charge on any atom is -0.322 e.